The van der Waals surface area contributed by atoms with Crippen LogP contribution in [0.1, 0.15) is 22.8 Å². The Bertz CT molecular complexity index is 560. The second-order valence-corrected chi connectivity index (χ2v) is 5.66. The molecule has 2 unspecified atom stereocenters. The molecule has 0 radical (unpaired) electrons. The average molecular weight is 298 g/mol. The lowest BCUT2D eigenvalue weighted by atomic mass is 9.85. The second-order valence-electron chi connectivity index (χ2n) is 5.22. The number of hydrogen-bond acceptors (Lipinski definition) is 3. The van der Waals surface area contributed by atoms with Gasteiger partial charge < -0.3 is 15.2 Å². The summed E-state index contributed by atoms with van der Waals surface area (Å²) in [6.45, 7) is 3.64. The van der Waals surface area contributed by atoms with Gasteiger partial charge in [0.1, 0.15) is 5.41 Å². The summed E-state index contributed by atoms with van der Waals surface area (Å²) >= 11 is 5.89. The molecule has 0 saturated carbocycles. The zero-order valence-corrected chi connectivity index (χ0v) is 12.0. The van der Waals surface area contributed by atoms with Gasteiger partial charge in [0.25, 0.3) is 5.91 Å². The summed E-state index contributed by atoms with van der Waals surface area (Å²) in [5, 5.41) is 12.5. The van der Waals surface area contributed by atoms with Crippen molar-refractivity contribution in [3.8, 4) is 0 Å². The van der Waals surface area contributed by atoms with Crippen molar-refractivity contribution in [1.29, 1.82) is 0 Å². The summed E-state index contributed by atoms with van der Waals surface area (Å²) in [7, 11) is 0. The molecule has 0 aliphatic carbocycles. The molecule has 6 heteroatoms. The lowest BCUT2D eigenvalue weighted by Gasteiger charge is -2.25. The van der Waals surface area contributed by atoms with Gasteiger partial charge in [-0.1, -0.05) is 17.7 Å². The second kappa shape index (κ2) is 5.42. The number of benzene rings is 1. The Kier molecular flexibility index (Phi) is 4.01. The van der Waals surface area contributed by atoms with Crippen LogP contribution in [0.5, 0.6) is 0 Å². The van der Waals surface area contributed by atoms with Gasteiger partial charge in [0.15, 0.2) is 0 Å². The molecule has 1 aliphatic heterocycles. The van der Waals surface area contributed by atoms with Crippen LogP contribution in [0.15, 0.2) is 18.2 Å². The first-order valence-electron chi connectivity index (χ1n) is 6.23. The maximum Gasteiger partial charge on any atom is 0.313 e. The Balaban J connectivity index is 2.19. The quantitative estimate of drug-likeness (QED) is 0.893. The van der Waals surface area contributed by atoms with Crippen molar-refractivity contribution >= 4 is 23.5 Å². The Morgan fingerprint density at radius 3 is 2.85 bits per heavy atom. The van der Waals surface area contributed by atoms with E-state index in [0.717, 1.165) is 5.56 Å². The predicted octanol–water partition coefficient (Wildman–Crippen LogP) is 1.87. The van der Waals surface area contributed by atoms with E-state index < -0.39 is 17.4 Å². The molecular formula is C14H16ClNO4. The largest absolute Gasteiger partial charge is 0.481 e. The normalized spacial score (nSPS) is 25.4. The van der Waals surface area contributed by atoms with E-state index in [0.29, 0.717) is 10.6 Å². The molecule has 0 spiro atoms. The van der Waals surface area contributed by atoms with Crippen molar-refractivity contribution in [1.82, 2.24) is 5.32 Å². The van der Waals surface area contributed by atoms with Crippen LogP contribution in [-0.4, -0.2) is 36.2 Å². The highest BCUT2D eigenvalue weighted by Gasteiger charge is 2.47. The molecule has 1 aromatic carbocycles. The van der Waals surface area contributed by atoms with Crippen LogP contribution in [0, 0.1) is 12.3 Å². The SMILES string of the molecule is Cc1ccc(Cl)cc1C(=O)NC1COCC1(C)C(=O)O. The van der Waals surface area contributed by atoms with E-state index in [9.17, 15) is 14.7 Å². The molecule has 0 aromatic heterocycles. The van der Waals surface area contributed by atoms with Crippen LogP contribution in [0.4, 0.5) is 0 Å². The maximum absolute atomic E-state index is 12.3. The number of aliphatic carboxylic acids is 1. The summed E-state index contributed by atoms with van der Waals surface area (Å²) in [6, 6.07) is 4.46. The molecule has 2 rings (SSSR count). The third kappa shape index (κ3) is 2.64. The number of carbonyl (C=O) groups is 2. The molecule has 2 atom stereocenters. The maximum atomic E-state index is 12.3. The van der Waals surface area contributed by atoms with E-state index in [1.807, 2.05) is 0 Å². The molecular weight excluding hydrogens is 282 g/mol. The fourth-order valence-electron chi connectivity index (χ4n) is 2.16. The van der Waals surface area contributed by atoms with Crippen molar-refractivity contribution in [3.63, 3.8) is 0 Å². The van der Waals surface area contributed by atoms with Gasteiger partial charge in [-0.3, -0.25) is 9.59 Å². The van der Waals surface area contributed by atoms with Gasteiger partial charge in [-0.2, -0.15) is 0 Å². The topological polar surface area (TPSA) is 75.6 Å². The number of aryl methyl sites for hydroxylation is 1. The van der Waals surface area contributed by atoms with Crippen LogP contribution in [-0.2, 0) is 9.53 Å². The number of carboxylic acids is 1. The summed E-state index contributed by atoms with van der Waals surface area (Å²) in [4.78, 5) is 23.6. The molecule has 2 N–H and O–H groups in total. The third-order valence-corrected chi connectivity index (χ3v) is 3.93. The van der Waals surface area contributed by atoms with Crippen molar-refractivity contribution < 1.29 is 19.4 Å². The molecule has 1 aliphatic rings. The van der Waals surface area contributed by atoms with Crippen LogP contribution in [0.2, 0.25) is 5.02 Å². The number of rotatable bonds is 3. The summed E-state index contributed by atoms with van der Waals surface area (Å²) in [5.41, 5.74) is 0.113. The van der Waals surface area contributed by atoms with Crippen molar-refractivity contribution in [2.24, 2.45) is 5.41 Å². The van der Waals surface area contributed by atoms with Crippen molar-refractivity contribution in [2.75, 3.05) is 13.2 Å². The van der Waals surface area contributed by atoms with E-state index >= 15 is 0 Å². The van der Waals surface area contributed by atoms with Crippen LogP contribution >= 0.6 is 11.6 Å². The zero-order valence-electron chi connectivity index (χ0n) is 11.3. The predicted molar refractivity (Wildman–Crippen MR) is 74.0 cm³/mol. The van der Waals surface area contributed by atoms with Crippen LogP contribution in [0.25, 0.3) is 0 Å². The van der Waals surface area contributed by atoms with Gasteiger partial charge in [-0.05, 0) is 31.5 Å². The minimum Gasteiger partial charge on any atom is -0.481 e. The molecule has 1 aromatic rings. The number of nitrogens with one attached hydrogen (secondary N) is 1. The van der Waals surface area contributed by atoms with Gasteiger partial charge in [-0.25, -0.2) is 0 Å². The average Bonchev–Trinajstić information content (AvgIpc) is 2.75. The lowest BCUT2D eigenvalue weighted by molar-refractivity contribution is -0.148. The fourth-order valence-corrected chi connectivity index (χ4v) is 2.33. The number of amides is 1. The van der Waals surface area contributed by atoms with Crippen molar-refractivity contribution in [3.05, 3.63) is 34.3 Å². The summed E-state index contributed by atoms with van der Waals surface area (Å²) in [5.74, 6) is -1.32. The highest BCUT2D eigenvalue weighted by molar-refractivity contribution is 6.31. The first-order valence-corrected chi connectivity index (χ1v) is 6.60. The molecule has 1 heterocycles. The van der Waals surface area contributed by atoms with E-state index in [-0.39, 0.29) is 19.1 Å². The summed E-state index contributed by atoms with van der Waals surface area (Å²) < 4.78 is 5.20. The van der Waals surface area contributed by atoms with E-state index in [2.05, 4.69) is 5.32 Å². The Morgan fingerprint density at radius 2 is 2.20 bits per heavy atom. The highest BCUT2D eigenvalue weighted by Crippen LogP contribution is 2.29. The molecule has 1 saturated heterocycles. The Hall–Kier alpha value is -1.59. The van der Waals surface area contributed by atoms with Gasteiger partial charge in [0.05, 0.1) is 19.3 Å². The number of carbonyl (C=O) groups excluding carboxylic acids is 1. The van der Waals surface area contributed by atoms with Crippen LogP contribution < -0.4 is 5.32 Å². The lowest BCUT2D eigenvalue weighted by Crippen LogP contribution is -2.49. The number of halogens is 1. The van der Waals surface area contributed by atoms with E-state index in [4.69, 9.17) is 16.3 Å². The molecule has 0 bridgehead atoms. The van der Waals surface area contributed by atoms with E-state index in [1.54, 1.807) is 32.0 Å². The fraction of sp³-hybridized carbons (Fsp3) is 0.429. The zero-order chi connectivity index (χ0) is 14.9. The molecule has 5 nitrogen and oxygen atoms in total. The van der Waals surface area contributed by atoms with E-state index in [1.165, 1.54) is 0 Å². The number of hydrogen-bond donors (Lipinski definition) is 2. The number of carboxylic acid groups (broad SMARTS) is 1. The monoisotopic (exact) mass is 297 g/mol. The van der Waals surface area contributed by atoms with Gasteiger partial charge in [0.2, 0.25) is 0 Å². The molecule has 1 amide bonds. The first kappa shape index (κ1) is 14.8. The Morgan fingerprint density at radius 1 is 1.50 bits per heavy atom. The highest BCUT2D eigenvalue weighted by atomic mass is 35.5. The van der Waals surface area contributed by atoms with Gasteiger partial charge in [0, 0.05) is 10.6 Å². The minimum absolute atomic E-state index is 0.0851. The minimum atomic E-state index is -1.11. The third-order valence-electron chi connectivity index (χ3n) is 3.69. The Labute approximate surface area is 121 Å². The molecule has 1 fully saturated rings. The van der Waals surface area contributed by atoms with Crippen LogP contribution in [0.3, 0.4) is 0 Å². The van der Waals surface area contributed by atoms with Gasteiger partial charge >= 0.3 is 5.97 Å². The number of ether oxygens (including phenoxy) is 1. The smallest absolute Gasteiger partial charge is 0.313 e. The van der Waals surface area contributed by atoms with Gasteiger partial charge in [-0.15, -0.1) is 0 Å². The molecule has 108 valence electrons. The molecule has 20 heavy (non-hydrogen) atoms. The standard InChI is InChI=1S/C14H16ClNO4/c1-8-3-4-9(15)5-10(8)12(17)16-11-6-20-7-14(11,2)13(18)19/h3-5,11H,6-7H2,1-2H3,(H,16,17)(H,18,19). The summed E-state index contributed by atoms with van der Waals surface area (Å²) in [6.07, 6.45) is 0. The first-order chi connectivity index (χ1) is 9.34. The van der Waals surface area contributed by atoms with Crippen molar-refractivity contribution in [2.45, 2.75) is 19.9 Å².